The van der Waals surface area contributed by atoms with Crippen LogP contribution in [-0.2, 0) is 14.3 Å². The second-order valence-corrected chi connectivity index (χ2v) is 2.46. The Balaban J connectivity index is 4.17. The summed E-state index contributed by atoms with van der Waals surface area (Å²) in [6, 6.07) is 0. The van der Waals surface area contributed by atoms with Crippen LogP contribution in [0.4, 0.5) is 0 Å². The van der Waals surface area contributed by atoms with E-state index in [2.05, 4.69) is 11.3 Å². The average Bonchev–Trinajstić information content (AvgIpc) is 2.03. The maximum Gasteiger partial charge on any atom is 0.345 e. The smallest absolute Gasteiger partial charge is 0.345 e. The molecule has 0 heterocycles. The van der Waals surface area contributed by atoms with E-state index >= 15 is 0 Å². The summed E-state index contributed by atoms with van der Waals surface area (Å²) in [5, 5.41) is 17.3. The predicted molar refractivity (Wildman–Crippen MR) is 44.0 cm³/mol. The molecule has 5 nitrogen and oxygen atoms in total. The van der Waals surface area contributed by atoms with Gasteiger partial charge in [0.15, 0.2) is 0 Å². The van der Waals surface area contributed by atoms with Gasteiger partial charge >= 0.3 is 11.9 Å². The lowest BCUT2D eigenvalue weighted by molar-refractivity contribution is -0.169. The first-order chi connectivity index (χ1) is 5.99. The van der Waals surface area contributed by atoms with E-state index < -0.39 is 24.1 Å². The molecule has 2 N–H and O–H groups in total. The molecule has 13 heavy (non-hydrogen) atoms. The quantitative estimate of drug-likeness (QED) is 0.466. The molecule has 0 radical (unpaired) electrons. The molecule has 2 atom stereocenters. The second kappa shape index (κ2) is 5.31. The van der Waals surface area contributed by atoms with Gasteiger partial charge in [-0.1, -0.05) is 6.08 Å². The summed E-state index contributed by atoms with van der Waals surface area (Å²) >= 11 is 0. The molecule has 0 aromatic carbocycles. The van der Waals surface area contributed by atoms with Crippen LogP contribution < -0.4 is 0 Å². The molecule has 0 fully saturated rings. The second-order valence-electron chi connectivity index (χ2n) is 2.46. The normalized spacial score (nSPS) is 14.3. The van der Waals surface area contributed by atoms with Gasteiger partial charge in [-0.05, 0) is 6.92 Å². The minimum absolute atomic E-state index is 0.0216. The lowest BCUT2D eigenvalue weighted by atomic mass is 10.2. The van der Waals surface area contributed by atoms with Crippen molar-refractivity contribution in [3.8, 4) is 0 Å². The van der Waals surface area contributed by atoms with Crippen LogP contribution in [0.15, 0.2) is 12.7 Å². The molecule has 2 unspecified atom stereocenters. The Kier molecular flexibility index (Phi) is 4.76. The number of carbonyl (C=O) groups excluding carboxylic acids is 1. The molecular formula is C8H12O5. The van der Waals surface area contributed by atoms with Crippen LogP contribution in [0.3, 0.4) is 0 Å². The van der Waals surface area contributed by atoms with Crippen molar-refractivity contribution in [3.05, 3.63) is 12.7 Å². The summed E-state index contributed by atoms with van der Waals surface area (Å²) in [4.78, 5) is 21.2. The van der Waals surface area contributed by atoms with Crippen LogP contribution in [0.2, 0.25) is 0 Å². The number of aliphatic hydroxyl groups is 1. The number of carboxylic acids is 1. The topological polar surface area (TPSA) is 83.8 Å². The third kappa shape index (κ3) is 4.27. The molecule has 0 aliphatic carbocycles. The number of aliphatic carboxylic acids is 1. The predicted octanol–water partition coefficient (Wildman–Crippen LogP) is -0.0603. The molecule has 0 aliphatic heterocycles. The van der Waals surface area contributed by atoms with Crippen LogP contribution in [-0.4, -0.2) is 34.4 Å². The Hall–Kier alpha value is -1.36. The fraction of sp³-hybridized carbons (Fsp3) is 0.500. The van der Waals surface area contributed by atoms with Crippen LogP contribution in [0.1, 0.15) is 13.3 Å². The zero-order valence-electron chi connectivity index (χ0n) is 7.27. The van der Waals surface area contributed by atoms with E-state index in [1.54, 1.807) is 0 Å². The highest BCUT2D eigenvalue weighted by Gasteiger charge is 2.22. The van der Waals surface area contributed by atoms with Crippen molar-refractivity contribution in [2.75, 3.05) is 0 Å². The van der Waals surface area contributed by atoms with Crippen molar-refractivity contribution < 1.29 is 24.5 Å². The van der Waals surface area contributed by atoms with Crippen molar-refractivity contribution in [2.24, 2.45) is 0 Å². The zero-order valence-corrected chi connectivity index (χ0v) is 7.27. The first-order valence-electron chi connectivity index (χ1n) is 3.71. The van der Waals surface area contributed by atoms with Gasteiger partial charge in [-0.25, -0.2) is 9.59 Å². The van der Waals surface area contributed by atoms with Gasteiger partial charge in [0, 0.05) is 6.42 Å². The van der Waals surface area contributed by atoms with Gasteiger partial charge in [0.25, 0.3) is 0 Å². The summed E-state index contributed by atoms with van der Waals surface area (Å²) in [6.07, 6.45) is -1.23. The van der Waals surface area contributed by atoms with Crippen molar-refractivity contribution in [1.82, 2.24) is 0 Å². The van der Waals surface area contributed by atoms with E-state index in [0.29, 0.717) is 0 Å². The number of hydrogen-bond acceptors (Lipinski definition) is 4. The number of carbonyl (C=O) groups is 2. The Morgan fingerprint density at radius 3 is 2.46 bits per heavy atom. The largest absolute Gasteiger partial charge is 0.478 e. The van der Waals surface area contributed by atoms with Crippen LogP contribution >= 0.6 is 0 Å². The first kappa shape index (κ1) is 11.6. The van der Waals surface area contributed by atoms with E-state index in [-0.39, 0.29) is 6.42 Å². The Morgan fingerprint density at radius 1 is 1.62 bits per heavy atom. The standard InChI is InChI=1S/C8H12O5/c1-3-4-6(7(10)11)13-8(12)5(2)9/h3,5-6,9H,1,4H2,2H3,(H,10,11). The number of rotatable bonds is 5. The summed E-state index contributed by atoms with van der Waals surface area (Å²) in [5.74, 6) is -2.21. The third-order valence-corrected chi connectivity index (χ3v) is 1.26. The fourth-order valence-corrected chi connectivity index (χ4v) is 0.589. The fourth-order valence-electron chi connectivity index (χ4n) is 0.589. The number of esters is 1. The third-order valence-electron chi connectivity index (χ3n) is 1.26. The summed E-state index contributed by atoms with van der Waals surface area (Å²) < 4.78 is 4.45. The molecule has 0 bridgehead atoms. The summed E-state index contributed by atoms with van der Waals surface area (Å²) in [6.45, 7) is 4.52. The highest BCUT2D eigenvalue weighted by atomic mass is 16.6. The van der Waals surface area contributed by atoms with Gasteiger partial charge in [-0.15, -0.1) is 6.58 Å². The zero-order chi connectivity index (χ0) is 10.4. The van der Waals surface area contributed by atoms with Crippen LogP contribution in [0, 0.1) is 0 Å². The average molecular weight is 188 g/mol. The lowest BCUT2D eigenvalue weighted by Crippen LogP contribution is -2.31. The van der Waals surface area contributed by atoms with Crippen LogP contribution in [0.5, 0.6) is 0 Å². The molecule has 0 aliphatic rings. The molecule has 5 heteroatoms. The molecule has 0 saturated heterocycles. The van der Waals surface area contributed by atoms with Crippen molar-refractivity contribution >= 4 is 11.9 Å². The van der Waals surface area contributed by atoms with Gasteiger partial charge in [0.1, 0.15) is 6.10 Å². The highest BCUT2D eigenvalue weighted by Crippen LogP contribution is 2.01. The van der Waals surface area contributed by atoms with Gasteiger partial charge < -0.3 is 14.9 Å². The van der Waals surface area contributed by atoms with E-state index in [1.165, 1.54) is 13.0 Å². The number of ether oxygens (including phenoxy) is 1. The maximum atomic E-state index is 10.8. The summed E-state index contributed by atoms with van der Waals surface area (Å²) in [5.41, 5.74) is 0. The molecule has 0 amide bonds. The summed E-state index contributed by atoms with van der Waals surface area (Å²) in [7, 11) is 0. The molecule has 0 rings (SSSR count). The van der Waals surface area contributed by atoms with Crippen LogP contribution in [0.25, 0.3) is 0 Å². The Labute approximate surface area is 75.6 Å². The lowest BCUT2D eigenvalue weighted by Gasteiger charge is -2.12. The van der Waals surface area contributed by atoms with E-state index in [1.807, 2.05) is 0 Å². The minimum atomic E-state index is -1.31. The number of hydrogen-bond donors (Lipinski definition) is 2. The van der Waals surface area contributed by atoms with Gasteiger partial charge in [0.2, 0.25) is 6.10 Å². The monoisotopic (exact) mass is 188 g/mol. The first-order valence-corrected chi connectivity index (χ1v) is 3.71. The van der Waals surface area contributed by atoms with Crippen molar-refractivity contribution in [1.29, 1.82) is 0 Å². The van der Waals surface area contributed by atoms with Crippen molar-refractivity contribution in [2.45, 2.75) is 25.6 Å². The van der Waals surface area contributed by atoms with E-state index in [4.69, 9.17) is 10.2 Å². The van der Waals surface area contributed by atoms with Gasteiger partial charge in [-0.3, -0.25) is 0 Å². The minimum Gasteiger partial charge on any atom is -0.478 e. The Bertz CT molecular complexity index is 209. The molecule has 0 aromatic rings. The van der Waals surface area contributed by atoms with Gasteiger partial charge in [0.05, 0.1) is 0 Å². The molecule has 0 spiro atoms. The molecule has 0 saturated carbocycles. The van der Waals surface area contributed by atoms with Crippen molar-refractivity contribution in [3.63, 3.8) is 0 Å². The van der Waals surface area contributed by atoms with E-state index in [9.17, 15) is 9.59 Å². The number of carboxylic acid groups (broad SMARTS) is 1. The molecule has 0 aromatic heterocycles. The highest BCUT2D eigenvalue weighted by molar-refractivity contribution is 5.80. The van der Waals surface area contributed by atoms with E-state index in [0.717, 1.165) is 0 Å². The molecular weight excluding hydrogens is 176 g/mol. The Morgan fingerprint density at radius 2 is 2.15 bits per heavy atom. The molecule has 74 valence electrons. The number of aliphatic hydroxyl groups excluding tert-OH is 1. The maximum absolute atomic E-state index is 10.8. The SMILES string of the molecule is C=CCC(OC(=O)C(C)O)C(=O)O. The van der Waals surface area contributed by atoms with Gasteiger partial charge in [-0.2, -0.15) is 0 Å².